The summed E-state index contributed by atoms with van der Waals surface area (Å²) in [5, 5.41) is 3.57. The first-order valence-corrected chi connectivity index (χ1v) is 9.58. The molecule has 1 spiro atoms. The highest BCUT2D eigenvalue weighted by Crippen LogP contribution is 2.47. The molecular formula is C20H30IN5. The predicted octanol–water partition coefficient (Wildman–Crippen LogP) is 3.80. The first-order chi connectivity index (χ1) is 12.2. The van der Waals surface area contributed by atoms with E-state index >= 15 is 0 Å². The monoisotopic (exact) mass is 467 g/mol. The lowest BCUT2D eigenvalue weighted by Gasteiger charge is -2.38. The molecule has 4 rings (SSSR count). The zero-order valence-corrected chi connectivity index (χ0v) is 18.2. The number of guanidine groups is 1. The summed E-state index contributed by atoms with van der Waals surface area (Å²) in [7, 11) is 1.90. The molecular weight excluding hydrogens is 437 g/mol. The number of fused-ring (bicyclic) bond motifs is 1. The van der Waals surface area contributed by atoms with E-state index in [4.69, 9.17) is 0 Å². The van der Waals surface area contributed by atoms with Crippen molar-refractivity contribution in [2.45, 2.75) is 45.6 Å². The first kappa shape index (κ1) is 19.5. The Bertz CT molecular complexity index is 778. The Morgan fingerprint density at radius 3 is 2.77 bits per heavy atom. The summed E-state index contributed by atoms with van der Waals surface area (Å²) in [4.78, 5) is 11.6. The van der Waals surface area contributed by atoms with Crippen LogP contribution in [0.3, 0.4) is 0 Å². The van der Waals surface area contributed by atoms with Crippen LogP contribution in [0.15, 0.2) is 29.3 Å². The fourth-order valence-electron chi connectivity index (χ4n) is 4.45. The number of likely N-dealkylation sites (tertiary alicyclic amines) is 1. The van der Waals surface area contributed by atoms with Crippen molar-refractivity contribution in [3.8, 4) is 0 Å². The average molecular weight is 467 g/mol. The predicted molar refractivity (Wildman–Crippen MR) is 118 cm³/mol. The van der Waals surface area contributed by atoms with Gasteiger partial charge < -0.3 is 14.8 Å². The number of nitrogens with zero attached hydrogens (tertiary/aromatic N) is 4. The van der Waals surface area contributed by atoms with Crippen molar-refractivity contribution in [3.05, 3.63) is 30.1 Å². The van der Waals surface area contributed by atoms with Gasteiger partial charge >= 0.3 is 0 Å². The molecule has 26 heavy (non-hydrogen) atoms. The van der Waals surface area contributed by atoms with Gasteiger partial charge in [0, 0.05) is 33.2 Å². The number of aromatic nitrogens is 2. The molecule has 142 valence electrons. The Morgan fingerprint density at radius 1 is 1.27 bits per heavy atom. The Kier molecular flexibility index (Phi) is 6.10. The van der Waals surface area contributed by atoms with E-state index in [2.05, 4.69) is 55.9 Å². The number of aryl methyl sites for hydroxylation is 2. The molecule has 1 aliphatic heterocycles. The minimum absolute atomic E-state index is 0. The molecule has 0 unspecified atom stereocenters. The van der Waals surface area contributed by atoms with Crippen molar-refractivity contribution in [1.29, 1.82) is 0 Å². The smallest absolute Gasteiger partial charge is 0.193 e. The molecule has 2 aromatic rings. The van der Waals surface area contributed by atoms with Crippen LogP contribution in [-0.2, 0) is 6.54 Å². The third kappa shape index (κ3) is 3.70. The van der Waals surface area contributed by atoms with Crippen molar-refractivity contribution in [2.24, 2.45) is 10.4 Å². The summed E-state index contributed by atoms with van der Waals surface area (Å²) in [6, 6.07) is 8.38. The second-order valence-corrected chi connectivity index (χ2v) is 7.65. The summed E-state index contributed by atoms with van der Waals surface area (Å²) < 4.78 is 2.32. The van der Waals surface area contributed by atoms with Gasteiger partial charge in [0.05, 0.1) is 11.0 Å². The Balaban J connectivity index is 0.00000196. The van der Waals surface area contributed by atoms with E-state index in [0.29, 0.717) is 5.41 Å². The van der Waals surface area contributed by atoms with E-state index < -0.39 is 0 Å². The highest BCUT2D eigenvalue weighted by atomic mass is 127. The molecule has 2 fully saturated rings. The van der Waals surface area contributed by atoms with Crippen LogP contribution in [0.2, 0.25) is 0 Å². The third-order valence-electron chi connectivity index (χ3n) is 6.05. The van der Waals surface area contributed by atoms with E-state index in [0.717, 1.165) is 43.4 Å². The van der Waals surface area contributed by atoms with Gasteiger partial charge in [-0.15, -0.1) is 24.0 Å². The number of halogens is 1. The number of imidazole rings is 1. The molecule has 0 bridgehead atoms. The molecule has 1 N–H and O–H groups in total. The molecule has 5 nitrogen and oxygen atoms in total. The maximum Gasteiger partial charge on any atom is 0.193 e. The Labute approximate surface area is 173 Å². The lowest BCUT2D eigenvalue weighted by Crippen LogP contribution is -2.42. The van der Waals surface area contributed by atoms with Gasteiger partial charge in [0.2, 0.25) is 0 Å². The van der Waals surface area contributed by atoms with E-state index in [1.165, 1.54) is 37.7 Å². The molecule has 0 radical (unpaired) electrons. The Hall–Kier alpha value is -1.31. The summed E-state index contributed by atoms with van der Waals surface area (Å²) in [5.74, 6) is 2.17. The zero-order chi connectivity index (χ0) is 17.3. The van der Waals surface area contributed by atoms with Gasteiger partial charge in [-0.25, -0.2) is 4.98 Å². The minimum atomic E-state index is 0. The second kappa shape index (κ2) is 8.15. The number of para-hydroxylation sites is 2. The summed E-state index contributed by atoms with van der Waals surface area (Å²) in [5.41, 5.74) is 2.94. The van der Waals surface area contributed by atoms with Crippen LogP contribution in [0.5, 0.6) is 0 Å². The fourth-order valence-corrected chi connectivity index (χ4v) is 4.45. The van der Waals surface area contributed by atoms with Crippen LogP contribution in [0.4, 0.5) is 0 Å². The molecule has 1 saturated carbocycles. The van der Waals surface area contributed by atoms with Crippen LogP contribution in [0.1, 0.15) is 37.9 Å². The molecule has 6 heteroatoms. The fraction of sp³-hybridized carbons (Fsp3) is 0.600. The highest BCUT2D eigenvalue weighted by molar-refractivity contribution is 14.0. The van der Waals surface area contributed by atoms with Crippen LogP contribution >= 0.6 is 24.0 Å². The molecule has 1 saturated heterocycles. The van der Waals surface area contributed by atoms with Crippen molar-refractivity contribution < 1.29 is 0 Å². The van der Waals surface area contributed by atoms with E-state index in [9.17, 15) is 0 Å². The average Bonchev–Trinajstić information content (AvgIpc) is 3.17. The van der Waals surface area contributed by atoms with Crippen LogP contribution in [0.25, 0.3) is 11.0 Å². The van der Waals surface area contributed by atoms with E-state index in [-0.39, 0.29) is 24.0 Å². The Morgan fingerprint density at radius 2 is 2.08 bits per heavy atom. The zero-order valence-electron chi connectivity index (χ0n) is 15.9. The van der Waals surface area contributed by atoms with Gasteiger partial charge in [-0.3, -0.25) is 4.99 Å². The summed E-state index contributed by atoms with van der Waals surface area (Å²) >= 11 is 0. The van der Waals surface area contributed by atoms with Crippen molar-refractivity contribution in [3.63, 3.8) is 0 Å². The van der Waals surface area contributed by atoms with E-state index in [1.54, 1.807) is 0 Å². The SMILES string of the molecule is CN=C(NCCCn1c(C)nc2ccccc21)N1CCC2(CCC2)C1.I. The van der Waals surface area contributed by atoms with Gasteiger partial charge in [0.25, 0.3) is 0 Å². The standard InChI is InChI=1S/C20H29N5.HI/c1-16-23-17-7-3-4-8-18(17)25(16)13-6-12-22-19(21-2)24-14-11-20(15-24)9-5-10-20;/h3-4,7-8H,5-6,9-15H2,1-2H3,(H,21,22);1H. The highest BCUT2D eigenvalue weighted by Gasteiger charge is 2.43. The molecule has 0 atom stereocenters. The minimum Gasteiger partial charge on any atom is -0.356 e. The number of nitrogens with one attached hydrogen (secondary N) is 1. The number of rotatable bonds is 4. The van der Waals surface area contributed by atoms with Gasteiger partial charge in [0.15, 0.2) is 5.96 Å². The maximum atomic E-state index is 4.65. The lowest BCUT2D eigenvalue weighted by atomic mass is 9.68. The van der Waals surface area contributed by atoms with Gasteiger partial charge in [-0.1, -0.05) is 18.6 Å². The number of aliphatic imine (C=N–C) groups is 1. The molecule has 2 heterocycles. The molecule has 1 aromatic carbocycles. The normalized spacial score (nSPS) is 18.8. The maximum absolute atomic E-state index is 4.65. The first-order valence-electron chi connectivity index (χ1n) is 9.58. The summed E-state index contributed by atoms with van der Waals surface area (Å²) in [6.07, 6.45) is 6.64. The van der Waals surface area contributed by atoms with Crippen molar-refractivity contribution in [2.75, 3.05) is 26.7 Å². The third-order valence-corrected chi connectivity index (χ3v) is 6.05. The number of hydrogen-bond acceptors (Lipinski definition) is 2. The molecule has 1 aliphatic carbocycles. The number of benzene rings is 1. The second-order valence-electron chi connectivity index (χ2n) is 7.65. The number of hydrogen-bond donors (Lipinski definition) is 1. The molecule has 2 aliphatic rings. The van der Waals surface area contributed by atoms with Crippen molar-refractivity contribution in [1.82, 2.24) is 19.8 Å². The molecule has 1 aromatic heterocycles. The summed E-state index contributed by atoms with van der Waals surface area (Å²) in [6.45, 7) is 6.37. The topological polar surface area (TPSA) is 45.5 Å². The van der Waals surface area contributed by atoms with Crippen LogP contribution in [0, 0.1) is 12.3 Å². The van der Waals surface area contributed by atoms with Gasteiger partial charge in [-0.05, 0) is 50.2 Å². The van der Waals surface area contributed by atoms with Crippen LogP contribution < -0.4 is 5.32 Å². The van der Waals surface area contributed by atoms with E-state index in [1.807, 2.05) is 7.05 Å². The van der Waals surface area contributed by atoms with Gasteiger partial charge in [0.1, 0.15) is 5.82 Å². The van der Waals surface area contributed by atoms with Crippen LogP contribution in [-0.4, -0.2) is 47.1 Å². The largest absolute Gasteiger partial charge is 0.356 e. The molecule has 0 amide bonds. The van der Waals surface area contributed by atoms with Crippen molar-refractivity contribution >= 4 is 41.0 Å². The lowest BCUT2D eigenvalue weighted by molar-refractivity contribution is 0.151. The quantitative estimate of drug-likeness (QED) is 0.322. The van der Waals surface area contributed by atoms with Gasteiger partial charge in [-0.2, -0.15) is 0 Å².